The molecule has 2 unspecified atom stereocenters. The van der Waals surface area contributed by atoms with Crippen LogP contribution in [0.5, 0.6) is 5.75 Å². The zero-order valence-electron chi connectivity index (χ0n) is 13.9. The molecule has 2 atom stereocenters. The molecule has 2 rings (SSSR count). The largest absolute Gasteiger partial charge is 0.497 e. The van der Waals surface area contributed by atoms with Crippen LogP contribution in [-0.2, 0) is 15.3 Å². The van der Waals surface area contributed by atoms with Crippen LogP contribution in [0.15, 0.2) is 28.6 Å². The van der Waals surface area contributed by atoms with Gasteiger partial charge < -0.3 is 15.4 Å². The molecule has 1 fully saturated rings. The van der Waals surface area contributed by atoms with Gasteiger partial charge in [-0.05, 0) is 35.3 Å². The lowest BCUT2D eigenvalue weighted by Crippen LogP contribution is -2.30. The van der Waals surface area contributed by atoms with Crippen molar-refractivity contribution in [1.82, 2.24) is 10.6 Å². The van der Waals surface area contributed by atoms with Gasteiger partial charge in [0, 0.05) is 13.0 Å². The summed E-state index contributed by atoms with van der Waals surface area (Å²) >= 11 is 4.50. The van der Waals surface area contributed by atoms with E-state index in [2.05, 4.69) is 27.2 Å². The smallest absolute Gasteiger partial charge is 0.311 e. The number of ether oxygens (including phenoxy) is 1. The van der Waals surface area contributed by atoms with Crippen LogP contribution in [0.1, 0.15) is 25.3 Å². The monoisotopic (exact) mass is 371 g/mol. The fourth-order valence-corrected chi connectivity index (χ4v) is 3.08. The van der Waals surface area contributed by atoms with E-state index in [1.54, 1.807) is 14.2 Å². The third-order valence-electron chi connectivity index (χ3n) is 3.86. The van der Waals surface area contributed by atoms with Gasteiger partial charge in [0.25, 0.3) is 0 Å². The van der Waals surface area contributed by atoms with Crippen LogP contribution in [0.4, 0.5) is 0 Å². The van der Waals surface area contributed by atoms with Gasteiger partial charge in [0.1, 0.15) is 5.75 Å². The van der Waals surface area contributed by atoms with Gasteiger partial charge in [-0.1, -0.05) is 26.0 Å². The molecule has 0 aliphatic heterocycles. The molecular weight excluding hydrogens is 350 g/mol. The Bertz CT molecular complexity index is 707. The Labute approximate surface area is 148 Å². The van der Waals surface area contributed by atoms with E-state index >= 15 is 0 Å². The lowest BCUT2D eigenvalue weighted by molar-refractivity contribution is -0.108. The lowest BCUT2D eigenvalue weighted by Gasteiger charge is -2.03. The fourth-order valence-electron chi connectivity index (χ4n) is 2.45. The first kappa shape index (κ1) is 20.0. The minimum absolute atomic E-state index is 0.0886. The molecule has 7 nitrogen and oxygen atoms in total. The molecule has 0 heterocycles. The molecule has 9 heteroatoms. The number of amides is 1. The number of thiocarbonyl (C=S) groups is 1. The average molecular weight is 371 g/mol. The first-order chi connectivity index (χ1) is 11.3. The third-order valence-corrected chi connectivity index (χ3v) is 4.58. The van der Waals surface area contributed by atoms with Crippen LogP contribution in [-0.4, -0.2) is 40.1 Å². The number of carbonyl (C=O) groups excluding carboxylic acids is 1. The van der Waals surface area contributed by atoms with Crippen molar-refractivity contribution < 1.29 is 17.9 Å². The Morgan fingerprint density at radius 2 is 1.92 bits per heavy atom. The molecule has 0 aromatic heterocycles. The molecule has 132 valence electrons. The van der Waals surface area contributed by atoms with Crippen LogP contribution in [0.25, 0.3) is 0 Å². The van der Waals surface area contributed by atoms with Gasteiger partial charge in [-0.15, -0.1) is 0 Å². The number of hydrogen-bond acceptors (Lipinski definition) is 6. The standard InChI is InChI=1S/C12H15NO3S.C3H6N2OS/c1-12(2)10(11(12)13-17(14)15)8-4-6-9(16-3)7-5-8;1-4-3(7)5-2-6/h4-7,10-11H,1-3H3;2H,1H3,(H2,4,5,6,7). The molecule has 0 spiro atoms. The normalized spacial score (nSPS) is 19.8. The first-order valence-electron chi connectivity index (χ1n) is 7.14. The number of nitrogens with one attached hydrogen (secondary N) is 2. The topological polar surface area (TPSA) is 96.9 Å². The number of carbonyl (C=O) groups is 1. The minimum Gasteiger partial charge on any atom is -0.497 e. The second kappa shape index (κ2) is 8.74. The highest BCUT2D eigenvalue weighted by Crippen LogP contribution is 2.60. The highest BCUT2D eigenvalue weighted by Gasteiger charge is 2.59. The van der Waals surface area contributed by atoms with E-state index in [4.69, 9.17) is 4.74 Å². The lowest BCUT2D eigenvalue weighted by atomic mass is 10.0. The Balaban J connectivity index is 0.000000351. The highest BCUT2D eigenvalue weighted by atomic mass is 32.2. The number of nitrogens with zero attached hydrogens (tertiary/aromatic N) is 1. The zero-order chi connectivity index (χ0) is 18.3. The third kappa shape index (κ3) is 5.27. The maximum absolute atomic E-state index is 10.6. The quantitative estimate of drug-likeness (QED) is 0.615. The molecule has 1 aliphatic carbocycles. The zero-order valence-corrected chi connectivity index (χ0v) is 15.6. The van der Waals surface area contributed by atoms with Crippen molar-refractivity contribution >= 4 is 34.2 Å². The highest BCUT2D eigenvalue weighted by molar-refractivity contribution is 7.80. The van der Waals surface area contributed by atoms with Crippen molar-refractivity contribution in [3.8, 4) is 5.75 Å². The van der Waals surface area contributed by atoms with Crippen LogP contribution in [0, 0.1) is 5.41 Å². The van der Waals surface area contributed by atoms with E-state index in [1.807, 2.05) is 38.1 Å². The van der Waals surface area contributed by atoms with Gasteiger partial charge in [-0.2, -0.15) is 12.8 Å². The summed E-state index contributed by atoms with van der Waals surface area (Å²) in [5.74, 6) is 0.972. The molecule has 1 aliphatic rings. The summed E-state index contributed by atoms with van der Waals surface area (Å²) in [6, 6.07) is 7.56. The van der Waals surface area contributed by atoms with Gasteiger partial charge in [-0.25, -0.2) is 0 Å². The van der Waals surface area contributed by atoms with Crippen LogP contribution >= 0.6 is 12.2 Å². The van der Waals surface area contributed by atoms with E-state index in [9.17, 15) is 13.2 Å². The molecule has 24 heavy (non-hydrogen) atoms. The van der Waals surface area contributed by atoms with E-state index in [1.165, 1.54) is 0 Å². The van der Waals surface area contributed by atoms with Gasteiger partial charge in [-0.3, -0.25) is 4.79 Å². The maximum Gasteiger partial charge on any atom is 0.311 e. The summed E-state index contributed by atoms with van der Waals surface area (Å²) in [6.45, 7) is 4.06. The van der Waals surface area contributed by atoms with Gasteiger partial charge >= 0.3 is 10.5 Å². The summed E-state index contributed by atoms with van der Waals surface area (Å²) < 4.78 is 30.1. The molecule has 1 amide bonds. The predicted molar refractivity (Wildman–Crippen MR) is 95.5 cm³/mol. The Morgan fingerprint density at radius 1 is 1.33 bits per heavy atom. The summed E-state index contributed by atoms with van der Waals surface area (Å²) in [5.41, 5.74) is 1.02. The van der Waals surface area contributed by atoms with Crippen molar-refractivity contribution in [2.75, 3.05) is 14.2 Å². The number of hydrogen-bond donors (Lipinski definition) is 2. The van der Waals surface area contributed by atoms with Crippen molar-refractivity contribution in [2.45, 2.75) is 25.8 Å². The summed E-state index contributed by atoms with van der Waals surface area (Å²) in [6.07, 6.45) is 0.527. The van der Waals surface area contributed by atoms with E-state index in [-0.39, 0.29) is 17.4 Å². The Kier molecular flexibility index (Phi) is 7.30. The summed E-state index contributed by atoms with van der Waals surface area (Å²) in [4.78, 5) is 9.54. The second-order valence-electron chi connectivity index (χ2n) is 5.68. The Hall–Kier alpha value is -2.00. The van der Waals surface area contributed by atoms with Crippen molar-refractivity contribution in [3.63, 3.8) is 0 Å². The molecule has 1 aromatic carbocycles. The van der Waals surface area contributed by atoms with Crippen LogP contribution in [0.3, 0.4) is 0 Å². The summed E-state index contributed by atoms with van der Waals surface area (Å²) in [7, 11) is 0.928. The molecule has 0 radical (unpaired) electrons. The molecule has 1 aromatic rings. The predicted octanol–water partition coefficient (Wildman–Crippen LogP) is 1.49. The molecule has 2 N–H and O–H groups in total. The maximum atomic E-state index is 10.6. The van der Waals surface area contributed by atoms with Gasteiger partial charge in [0.05, 0.1) is 13.2 Å². The number of rotatable bonds is 4. The second-order valence-corrected chi connectivity index (χ2v) is 6.73. The number of benzene rings is 1. The van der Waals surface area contributed by atoms with E-state index in [0.717, 1.165) is 11.3 Å². The molecule has 0 saturated heterocycles. The molecule has 0 bridgehead atoms. The van der Waals surface area contributed by atoms with E-state index < -0.39 is 10.5 Å². The molecular formula is C15H21N3O4S2. The van der Waals surface area contributed by atoms with Gasteiger partial charge in [0.2, 0.25) is 6.41 Å². The van der Waals surface area contributed by atoms with Crippen molar-refractivity contribution in [3.05, 3.63) is 29.8 Å². The van der Waals surface area contributed by atoms with Crippen molar-refractivity contribution in [1.29, 1.82) is 0 Å². The Morgan fingerprint density at radius 3 is 2.29 bits per heavy atom. The molecule has 1 saturated carbocycles. The SMILES string of the molecule is CNC(=S)NC=O.COc1ccc(C2C(N=S(=O)=O)C2(C)C)cc1. The van der Waals surface area contributed by atoms with Crippen LogP contribution < -0.4 is 15.4 Å². The fraction of sp³-hybridized carbons (Fsp3) is 0.467. The number of methoxy groups -OCH3 is 1. The van der Waals surface area contributed by atoms with E-state index in [0.29, 0.717) is 11.5 Å². The first-order valence-corrected chi connectivity index (χ1v) is 8.58. The minimum atomic E-state index is -2.33. The van der Waals surface area contributed by atoms with Crippen LogP contribution in [0.2, 0.25) is 0 Å². The summed E-state index contributed by atoms with van der Waals surface area (Å²) in [5, 5.41) is 5.13. The van der Waals surface area contributed by atoms with Crippen molar-refractivity contribution in [2.24, 2.45) is 9.78 Å². The van der Waals surface area contributed by atoms with Gasteiger partial charge in [0.15, 0.2) is 5.11 Å². The average Bonchev–Trinajstić information content (AvgIpc) is 3.08.